The summed E-state index contributed by atoms with van der Waals surface area (Å²) >= 11 is 0. The van der Waals surface area contributed by atoms with E-state index in [9.17, 15) is 9.90 Å². The molecule has 1 fully saturated rings. The lowest BCUT2D eigenvalue weighted by molar-refractivity contribution is -0.152. The summed E-state index contributed by atoms with van der Waals surface area (Å²) in [5.74, 6) is 0.437. The van der Waals surface area contributed by atoms with Crippen LogP contribution in [0.3, 0.4) is 0 Å². The third-order valence-corrected chi connectivity index (χ3v) is 4.45. The van der Waals surface area contributed by atoms with Crippen molar-refractivity contribution in [3.63, 3.8) is 0 Å². The molecule has 0 saturated carbocycles. The molecule has 5 heteroatoms. The zero-order valence-corrected chi connectivity index (χ0v) is 11.8. The summed E-state index contributed by atoms with van der Waals surface area (Å²) in [7, 11) is 0. The van der Waals surface area contributed by atoms with Crippen LogP contribution in [0.4, 0.5) is 0 Å². The molecule has 1 N–H and O–H groups in total. The molecule has 0 spiro atoms. The van der Waals surface area contributed by atoms with Gasteiger partial charge in [0.2, 0.25) is 0 Å². The van der Waals surface area contributed by atoms with Crippen molar-refractivity contribution < 1.29 is 9.90 Å². The summed E-state index contributed by atoms with van der Waals surface area (Å²) in [6.45, 7) is 7.52. The van der Waals surface area contributed by atoms with E-state index in [0.717, 1.165) is 51.3 Å². The number of carboxylic acid groups (broad SMARTS) is 1. The normalized spacial score (nSPS) is 19.5. The van der Waals surface area contributed by atoms with Crippen LogP contribution in [0, 0.1) is 5.41 Å². The number of aromatic nitrogens is 2. The van der Waals surface area contributed by atoms with Crippen molar-refractivity contribution in [2.24, 2.45) is 5.41 Å². The van der Waals surface area contributed by atoms with Crippen LogP contribution in [0.2, 0.25) is 0 Å². The lowest BCUT2D eigenvalue weighted by Gasteiger charge is -2.38. The average molecular weight is 265 g/mol. The first-order chi connectivity index (χ1) is 9.11. The summed E-state index contributed by atoms with van der Waals surface area (Å²) in [5.41, 5.74) is -0.503. The molecular formula is C14H23N3O2. The number of likely N-dealkylation sites (tertiary alicyclic amines) is 1. The van der Waals surface area contributed by atoms with Gasteiger partial charge in [0.1, 0.15) is 5.82 Å². The maximum Gasteiger partial charge on any atom is 0.309 e. The Kier molecular flexibility index (Phi) is 4.24. The molecule has 2 heterocycles. The van der Waals surface area contributed by atoms with Crippen LogP contribution in [0.1, 0.15) is 38.9 Å². The number of carboxylic acids is 1. The van der Waals surface area contributed by atoms with Gasteiger partial charge in [-0.15, -0.1) is 0 Å². The summed E-state index contributed by atoms with van der Waals surface area (Å²) < 4.78 is 2.14. The van der Waals surface area contributed by atoms with Gasteiger partial charge < -0.3 is 9.67 Å². The minimum atomic E-state index is -0.635. The lowest BCUT2D eigenvalue weighted by Crippen LogP contribution is -2.44. The van der Waals surface area contributed by atoms with Crippen molar-refractivity contribution in [3.8, 4) is 0 Å². The first-order valence-electron chi connectivity index (χ1n) is 7.07. The van der Waals surface area contributed by atoms with Gasteiger partial charge in [0, 0.05) is 18.9 Å². The monoisotopic (exact) mass is 265 g/mol. The van der Waals surface area contributed by atoms with Gasteiger partial charge in [0.25, 0.3) is 0 Å². The molecule has 2 rings (SSSR count). The van der Waals surface area contributed by atoms with Crippen LogP contribution in [0.5, 0.6) is 0 Å². The Balaban J connectivity index is 1.95. The predicted molar refractivity (Wildman–Crippen MR) is 72.8 cm³/mol. The number of nitrogens with zero attached hydrogens (tertiary/aromatic N) is 3. The second-order valence-corrected chi connectivity index (χ2v) is 5.34. The number of piperidine rings is 1. The number of carbonyl (C=O) groups is 1. The molecule has 1 aromatic rings. The molecule has 1 aromatic heterocycles. The molecule has 19 heavy (non-hydrogen) atoms. The van der Waals surface area contributed by atoms with Crippen LogP contribution in [-0.2, 0) is 17.9 Å². The fourth-order valence-corrected chi connectivity index (χ4v) is 2.84. The second-order valence-electron chi connectivity index (χ2n) is 5.34. The fraction of sp³-hybridized carbons (Fsp3) is 0.714. The maximum atomic E-state index is 11.4. The van der Waals surface area contributed by atoms with Gasteiger partial charge in [-0.05, 0) is 39.3 Å². The van der Waals surface area contributed by atoms with Crippen molar-refractivity contribution in [1.82, 2.24) is 14.5 Å². The first kappa shape index (κ1) is 14.1. The number of hydrogen-bond donors (Lipinski definition) is 1. The molecule has 5 nitrogen and oxygen atoms in total. The smallest absolute Gasteiger partial charge is 0.309 e. The van der Waals surface area contributed by atoms with E-state index in [2.05, 4.69) is 21.4 Å². The van der Waals surface area contributed by atoms with E-state index in [-0.39, 0.29) is 0 Å². The van der Waals surface area contributed by atoms with E-state index < -0.39 is 11.4 Å². The van der Waals surface area contributed by atoms with Crippen LogP contribution in [0.15, 0.2) is 12.4 Å². The topological polar surface area (TPSA) is 58.4 Å². The summed E-state index contributed by atoms with van der Waals surface area (Å²) in [6, 6.07) is 0. The van der Waals surface area contributed by atoms with E-state index >= 15 is 0 Å². The Hall–Kier alpha value is -1.36. The molecule has 0 amide bonds. The molecule has 0 bridgehead atoms. The van der Waals surface area contributed by atoms with Crippen molar-refractivity contribution >= 4 is 5.97 Å². The second kappa shape index (κ2) is 5.74. The van der Waals surface area contributed by atoms with Crippen LogP contribution in [0.25, 0.3) is 0 Å². The molecule has 0 aromatic carbocycles. The Bertz CT molecular complexity index is 434. The Morgan fingerprint density at radius 1 is 1.42 bits per heavy atom. The standard InChI is InChI=1S/C14H23N3O2/c1-3-14(13(18)19)5-8-16(9-6-14)11-12-15-7-10-17(12)4-2/h7,10H,3-6,8-9,11H2,1-2H3,(H,18,19). The zero-order valence-electron chi connectivity index (χ0n) is 11.8. The largest absolute Gasteiger partial charge is 0.481 e. The third-order valence-electron chi connectivity index (χ3n) is 4.45. The van der Waals surface area contributed by atoms with E-state index in [1.165, 1.54) is 0 Å². The molecule has 0 radical (unpaired) electrons. The Morgan fingerprint density at radius 3 is 2.63 bits per heavy atom. The van der Waals surface area contributed by atoms with Crippen LogP contribution in [-0.4, -0.2) is 38.6 Å². The minimum absolute atomic E-state index is 0.503. The lowest BCUT2D eigenvalue weighted by atomic mass is 9.76. The van der Waals surface area contributed by atoms with Gasteiger partial charge in [-0.1, -0.05) is 6.92 Å². The number of rotatable bonds is 5. The SMILES string of the molecule is CCn1ccnc1CN1CCC(CC)(C(=O)O)CC1. The van der Waals surface area contributed by atoms with E-state index in [1.807, 2.05) is 19.3 Å². The number of aliphatic carboxylic acids is 1. The van der Waals surface area contributed by atoms with Crippen LogP contribution < -0.4 is 0 Å². The summed E-state index contributed by atoms with van der Waals surface area (Å²) in [6.07, 6.45) is 6.03. The van der Waals surface area contributed by atoms with Gasteiger partial charge in [-0.3, -0.25) is 9.69 Å². The number of aryl methyl sites for hydroxylation is 1. The molecule has 0 unspecified atom stereocenters. The first-order valence-corrected chi connectivity index (χ1v) is 7.07. The molecular weight excluding hydrogens is 242 g/mol. The zero-order chi connectivity index (χ0) is 13.9. The molecule has 0 atom stereocenters. The highest BCUT2D eigenvalue weighted by atomic mass is 16.4. The van der Waals surface area contributed by atoms with E-state index in [1.54, 1.807) is 0 Å². The number of hydrogen-bond acceptors (Lipinski definition) is 3. The van der Waals surface area contributed by atoms with Gasteiger partial charge >= 0.3 is 5.97 Å². The van der Waals surface area contributed by atoms with Crippen LogP contribution >= 0.6 is 0 Å². The van der Waals surface area contributed by atoms with Gasteiger partial charge in [0.15, 0.2) is 0 Å². The van der Waals surface area contributed by atoms with E-state index in [0.29, 0.717) is 0 Å². The molecule has 106 valence electrons. The fourth-order valence-electron chi connectivity index (χ4n) is 2.84. The minimum Gasteiger partial charge on any atom is -0.481 e. The highest BCUT2D eigenvalue weighted by Crippen LogP contribution is 2.35. The Labute approximate surface area is 114 Å². The quantitative estimate of drug-likeness (QED) is 0.884. The van der Waals surface area contributed by atoms with Gasteiger partial charge in [-0.2, -0.15) is 0 Å². The summed E-state index contributed by atoms with van der Waals surface area (Å²) in [5, 5.41) is 9.38. The van der Waals surface area contributed by atoms with Crippen molar-refractivity contribution in [3.05, 3.63) is 18.2 Å². The average Bonchev–Trinajstić information content (AvgIpc) is 2.87. The number of imidazole rings is 1. The van der Waals surface area contributed by atoms with Crippen molar-refractivity contribution in [2.75, 3.05) is 13.1 Å². The maximum absolute atomic E-state index is 11.4. The van der Waals surface area contributed by atoms with Gasteiger partial charge in [-0.25, -0.2) is 4.98 Å². The third kappa shape index (κ3) is 2.81. The molecule has 1 aliphatic rings. The Morgan fingerprint density at radius 2 is 2.11 bits per heavy atom. The summed E-state index contributed by atoms with van der Waals surface area (Å²) in [4.78, 5) is 18.1. The van der Waals surface area contributed by atoms with Crippen molar-refractivity contribution in [1.29, 1.82) is 0 Å². The van der Waals surface area contributed by atoms with E-state index in [4.69, 9.17) is 0 Å². The van der Waals surface area contributed by atoms with Crippen molar-refractivity contribution in [2.45, 2.75) is 46.2 Å². The molecule has 0 aliphatic carbocycles. The highest BCUT2D eigenvalue weighted by Gasteiger charge is 2.39. The predicted octanol–water partition coefficient (Wildman–Crippen LogP) is 1.98. The van der Waals surface area contributed by atoms with Gasteiger partial charge in [0.05, 0.1) is 12.0 Å². The molecule has 1 saturated heterocycles. The highest BCUT2D eigenvalue weighted by molar-refractivity contribution is 5.74. The molecule has 1 aliphatic heterocycles.